The lowest BCUT2D eigenvalue weighted by Crippen LogP contribution is -1.95. The van der Waals surface area contributed by atoms with Crippen LogP contribution in [0.3, 0.4) is 0 Å². The molecule has 0 saturated heterocycles. The van der Waals surface area contributed by atoms with Crippen LogP contribution in [0.25, 0.3) is 0 Å². The minimum atomic E-state index is 0. The molecule has 0 radical (unpaired) electrons. The Hall–Kier alpha value is -0.100. The van der Waals surface area contributed by atoms with E-state index in [1.165, 1.54) is 0 Å². The number of hydrogen-bond acceptors (Lipinski definition) is 4. The van der Waals surface area contributed by atoms with Crippen LogP contribution in [0.5, 0.6) is 0 Å². The molecule has 12 heavy (non-hydrogen) atoms. The van der Waals surface area contributed by atoms with Gasteiger partial charge in [0.2, 0.25) is 0 Å². The first-order chi connectivity index (χ1) is 4.61. The summed E-state index contributed by atoms with van der Waals surface area (Å²) in [6.45, 7) is 0. The Morgan fingerprint density at radius 3 is 2.25 bits per heavy atom. The first-order valence-electron chi connectivity index (χ1n) is 2.58. The van der Waals surface area contributed by atoms with E-state index in [-0.39, 0.29) is 24.8 Å². The van der Waals surface area contributed by atoms with Crippen molar-refractivity contribution in [2.45, 2.75) is 4.90 Å². The largest absolute Gasteiger partial charge is 0.396 e. The molecule has 0 aliphatic rings. The van der Waals surface area contributed by atoms with E-state index in [2.05, 4.69) is 17.6 Å². The third kappa shape index (κ3) is 3.10. The van der Waals surface area contributed by atoms with Crippen LogP contribution in [0, 0.1) is 4.64 Å². The van der Waals surface area contributed by atoms with Crippen molar-refractivity contribution in [3.63, 3.8) is 0 Å². The van der Waals surface area contributed by atoms with Gasteiger partial charge in [0.25, 0.3) is 0 Å². The molecule has 7 heteroatoms. The number of nitrogen functional groups attached to an aromatic ring is 2. The van der Waals surface area contributed by atoms with E-state index in [0.717, 1.165) is 0 Å². The molecular weight excluding hydrogens is 237 g/mol. The van der Waals surface area contributed by atoms with Gasteiger partial charge >= 0.3 is 0 Å². The van der Waals surface area contributed by atoms with E-state index in [1.807, 2.05) is 0 Å². The SMILES string of the molecule is Cl.Cl.Nc1[nH]c(=S)c(N)cc1S. The Balaban J connectivity index is 0. The molecule has 5 N–H and O–H groups in total. The number of nitrogens with one attached hydrogen (secondary N) is 1. The zero-order valence-corrected chi connectivity index (χ0v) is 9.25. The Labute approximate surface area is 93.2 Å². The van der Waals surface area contributed by atoms with E-state index < -0.39 is 0 Å². The molecule has 1 rings (SSSR count). The highest BCUT2D eigenvalue weighted by molar-refractivity contribution is 7.80. The molecule has 0 unspecified atom stereocenters. The van der Waals surface area contributed by atoms with E-state index >= 15 is 0 Å². The second kappa shape index (κ2) is 5.53. The van der Waals surface area contributed by atoms with Gasteiger partial charge in [-0.3, -0.25) is 0 Å². The van der Waals surface area contributed by atoms with Crippen molar-refractivity contribution in [3.8, 4) is 0 Å². The summed E-state index contributed by atoms with van der Waals surface area (Å²) >= 11 is 8.84. The van der Waals surface area contributed by atoms with E-state index in [9.17, 15) is 0 Å². The molecular formula is C5H9Cl2N3S2. The summed E-state index contributed by atoms with van der Waals surface area (Å²) in [7, 11) is 0. The van der Waals surface area contributed by atoms with Gasteiger partial charge in [-0.05, 0) is 6.07 Å². The first-order valence-corrected chi connectivity index (χ1v) is 3.44. The van der Waals surface area contributed by atoms with Crippen molar-refractivity contribution >= 4 is 61.2 Å². The molecule has 0 fully saturated rings. The predicted octanol–water partition coefficient (Wildman–Crippen LogP) is 2.04. The number of anilines is 2. The van der Waals surface area contributed by atoms with Gasteiger partial charge in [-0.1, -0.05) is 12.2 Å². The number of aromatic nitrogens is 1. The molecule has 1 aromatic heterocycles. The van der Waals surface area contributed by atoms with Crippen LogP contribution in [0.2, 0.25) is 0 Å². The number of rotatable bonds is 0. The standard InChI is InChI=1S/C5H7N3S2.2ClH/c6-2-1-3(9)4(7)8-5(2)10;;/h1,9H,6H2,(H3,7,8,10);2*1H. The highest BCUT2D eigenvalue weighted by atomic mass is 35.5. The number of thiol groups is 1. The fourth-order valence-corrected chi connectivity index (χ4v) is 0.913. The molecule has 1 aromatic rings. The van der Waals surface area contributed by atoms with Gasteiger partial charge in [0, 0.05) is 4.90 Å². The molecule has 70 valence electrons. The van der Waals surface area contributed by atoms with Gasteiger partial charge in [0.1, 0.15) is 10.5 Å². The van der Waals surface area contributed by atoms with Gasteiger partial charge in [0.05, 0.1) is 5.69 Å². The zero-order valence-electron chi connectivity index (χ0n) is 5.90. The second-order valence-electron chi connectivity index (χ2n) is 1.85. The van der Waals surface area contributed by atoms with Crippen LogP contribution in [0.4, 0.5) is 11.5 Å². The summed E-state index contributed by atoms with van der Waals surface area (Å²) in [6.07, 6.45) is 0. The fraction of sp³-hybridized carbons (Fsp3) is 0. The van der Waals surface area contributed by atoms with E-state index in [1.54, 1.807) is 6.07 Å². The molecule has 3 nitrogen and oxygen atoms in total. The molecule has 0 aromatic carbocycles. The minimum Gasteiger partial charge on any atom is -0.396 e. The van der Waals surface area contributed by atoms with Crippen molar-refractivity contribution in [1.29, 1.82) is 0 Å². The molecule has 0 amide bonds. The minimum absolute atomic E-state index is 0. The number of H-pyrrole nitrogens is 1. The van der Waals surface area contributed by atoms with Crippen LogP contribution in [0.1, 0.15) is 0 Å². The van der Waals surface area contributed by atoms with E-state index in [0.29, 0.717) is 21.0 Å². The number of pyridine rings is 1. The van der Waals surface area contributed by atoms with Crippen molar-refractivity contribution in [2.24, 2.45) is 0 Å². The third-order valence-electron chi connectivity index (χ3n) is 1.08. The number of aromatic amines is 1. The third-order valence-corrected chi connectivity index (χ3v) is 1.79. The van der Waals surface area contributed by atoms with Crippen LogP contribution in [0.15, 0.2) is 11.0 Å². The fourth-order valence-electron chi connectivity index (χ4n) is 0.549. The average molecular weight is 246 g/mol. The normalized spacial score (nSPS) is 8.08. The Kier molecular flexibility index (Phi) is 6.65. The summed E-state index contributed by atoms with van der Waals surface area (Å²) in [6, 6.07) is 1.62. The van der Waals surface area contributed by atoms with Gasteiger partial charge in [-0.15, -0.1) is 37.4 Å². The van der Waals surface area contributed by atoms with Crippen molar-refractivity contribution in [1.82, 2.24) is 4.98 Å². The number of nitrogens with two attached hydrogens (primary N) is 2. The molecule has 0 bridgehead atoms. The predicted molar refractivity (Wildman–Crippen MR) is 62.2 cm³/mol. The topological polar surface area (TPSA) is 67.8 Å². The molecule has 0 saturated carbocycles. The zero-order chi connectivity index (χ0) is 7.72. The number of halogens is 2. The van der Waals surface area contributed by atoms with Crippen molar-refractivity contribution in [3.05, 3.63) is 10.7 Å². The van der Waals surface area contributed by atoms with Gasteiger partial charge in [-0.25, -0.2) is 0 Å². The average Bonchev–Trinajstić information content (AvgIpc) is 1.84. The lowest BCUT2D eigenvalue weighted by molar-refractivity contribution is 1.24. The summed E-state index contributed by atoms with van der Waals surface area (Å²) in [5.74, 6) is 0.447. The molecule has 0 spiro atoms. The van der Waals surface area contributed by atoms with Crippen LogP contribution in [-0.4, -0.2) is 4.98 Å². The summed E-state index contributed by atoms with van der Waals surface area (Å²) in [5.41, 5.74) is 11.4. The second-order valence-corrected chi connectivity index (χ2v) is 2.74. The molecule has 0 atom stereocenters. The number of hydrogen-bond donors (Lipinski definition) is 4. The smallest absolute Gasteiger partial charge is 0.128 e. The lowest BCUT2D eigenvalue weighted by atomic mass is 10.4. The maximum atomic E-state index is 5.45. The maximum absolute atomic E-state index is 5.45. The molecule has 0 aliphatic carbocycles. The maximum Gasteiger partial charge on any atom is 0.128 e. The van der Waals surface area contributed by atoms with Crippen molar-refractivity contribution < 1.29 is 0 Å². The summed E-state index contributed by atoms with van der Waals surface area (Å²) in [5, 5.41) is 0. The Bertz CT molecular complexity index is 312. The van der Waals surface area contributed by atoms with E-state index in [4.69, 9.17) is 23.7 Å². The summed E-state index contributed by atoms with van der Waals surface area (Å²) < 4.78 is 0.454. The highest BCUT2D eigenvalue weighted by Gasteiger charge is 1.95. The van der Waals surface area contributed by atoms with Crippen LogP contribution in [-0.2, 0) is 0 Å². The summed E-state index contributed by atoms with van der Waals surface area (Å²) in [4.78, 5) is 3.31. The Morgan fingerprint density at radius 1 is 1.33 bits per heavy atom. The first kappa shape index (κ1) is 14.4. The van der Waals surface area contributed by atoms with Gasteiger partial charge in [-0.2, -0.15) is 0 Å². The molecule has 1 heterocycles. The Morgan fingerprint density at radius 2 is 1.83 bits per heavy atom. The highest BCUT2D eigenvalue weighted by Crippen LogP contribution is 2.16. The molecule has 0 aliphatic heterocycles. The van der Waals surface area contributed by atoms with Gasteiger partial charge < -0.3 is 16.5 Å². The van der Waals surface area contributed by atoms with Crippen LogP contribution < -0.4 is 11.5 Å². The monoisotopic (exact) mass is 245 g/mol. The van der Waals surface area contributed by atoms with Gasteiger partial charge in [0.15, 0.2) is 0 Å². The van der Waals surface area contributed by atoms with Crippen molar-refractivity contribution in [2.75, 3.05) is 11.5 Å². The lowest BCUT2D eigenvalue weighted by Gasteiger charge is -1.99. The van der Waals surface area contributed by atoms with Crippen LogP contribution >= 0.6 is 49.7 Å². The quantitative estimate of drug-likeness (QED) is 0.418.